The van der Waals surface area contributed by atoms with Crippen LogP contribution in [0.15, 0.2) is 400 Å². The van der Waals surface area contributed by atoms with Gasteiger partial charge < -0.3 is 19.6 Å². The zero-order valence-corrected chi connectivity index (χ0v) is 59.0. The van der Waals surface area contributed by atoms with Crippen LogP contribution in [0.3, 0.4) is 0 Å². The molecule has 0 saturated carbocycles. The van der Waals surface area contributed by atoms with E-state index < -0.39 is 0 Å². The molecule has 0 fully saturated rings. The monoisotopic (exact) mass is 1350 g/mol. The average molecular weight is 1350 g/mol. The molecule has 0 atom stereocenters. The second-order valence-corrected chi connectivity index (χ2v) is 27.0. The molecule has 0 radical (unpaired) electrons. The Morgan fingerprint density at radius 3 is 0.790 bits per heavy atom. The van der Waals surface area contributed by atoms with Crippen LogP contribution in [-0.2, 0) is 0 Å². The summed E-state index contributed by atoms with van der Waals surface area (Å²) in [5.74, 6) is 0. The van der Waals surface area contributed by atoms with Crippen LogP contribution in [0, 0.1) is 0 Å². The number of rotatable bonds is 20. The van der Waals surface area contributed by atoms with Gasteiger partial charge in [0.25, 0.3) is 0 Å². The van der Waals surface area contributed by atoms with E-state index in [1.54, 1.807) is 0 Å². The largest absolute Gasteiger partial charge is 0.310 e. The highest BCUT2D eigenvalue weighted by Gasteiger charge is 2.24. The van der Waals surface area contributed by atoms with Gasteiger partial charge in [-0.05, 0) is 223 Å². The Labute approximate surface area is 616 Å². The normalized spacial score (nSPS) is 11.5. The number of fused-ring (bicyclic) bond motifs is 4. The summed E-state index contributed by atoms with van der Waals surface area (Å²) in [4.78, 5) is 9.73. The van der Waals surface area contributed by atoms with Crippen molar-refractivity contribution in [3.8, 4) is 44.5 Å². The first-order valence-corrected chi connectivity index (χ1v) is 36.7. The lowest BCUT2D eigenvalue weighted by Crippen LogP contribution is -2.13. The van der Waals surface area contributed by atoms with Crippen LogP contribution < -0.4 is 19.6 Å². The topological polar surface area (TPSA) is 13.0 Å². The summed E-state index contributed by atoms with van der Waals surface area (Å²) in [5, 5.41) is 9.45. The van der Waals surface area contributed by atoms with Gasteiger partial charge in [0.1, 0.15) is 0 Å². The van der Waals surface area contributed by atoms with Crippen molar-refractivity contribution in [2.75, 3.05) is 19.6 Å². The summed E-state index contributed by atoms with van der Waals surface area (Å²) >= 11 is 0. The molecule has 17 aromatic rings. The van der Waals surface area contributed by atoms with E-state index in [0.29, 0.717) is 0 Å². The van der Waals surface area contributed by atoms with Crippen LogP contribution in [0.2, 0.25) is 0 Å². The molecular weight excluding hydrogens is 1270 g/mol. The molecule has 0 amide bonds. The molecule has 4 heteroatoms. The van der Waals surface area contributed by atoms with Crippen molar-refractivity contribution in [3.05, 3.63) is 406 Å². The number of hydrogen-bond donors (Lipinski definition) is 0. The molecule has 502 valence electrons. The average Bonchev–Trinajstić information content (AvgIpc) is 0.772. The molecule has 0 heterocycles. The highest BCUT2D eigenvalue weighted by atomic mass is 15.2. The zero-order chi connectivity index (χ0) is 70.4. The van der Waals surface area contributed by atoms with E-state index in [9.17, 15) is 0 Å². The molecule has 0 aliphatic rings. The number of anilines is 12. The summed E-state index contributed by atoms with van der Waals surface area (Å²) in [6, 6.07) is 145. The third kappa shape index (κ3) is 13.2. The van der Waals surface area contributed by atoms with Crippen molar-refractivity contribution in [2.45, 2.75) is 33.1 Å². The SMILES string of the molecule is CC/C=C(\CCC)c1cc(-c2ccccc2)cc(N(c2ccc(N(c3ccc(-c4ccc(N(c5ccc(N(c6cc(-c7ccccc7)cc(-c7ccccc7)c6)c6cccc7ccccc67)cc5)c5cccc6ccccc56)cc4)cc3)c3cccc4ccccc34)cc2)c2cccc3ccccc23)c1. The summed E-state index contributed by atoms with van der Waals surface area (Å²) in [6.07, 6.45) is 5.46. The van der Waals surface area contributed by atoms with E-state index in [1.807, 2.05) is 0 Å². The van der Waals surface area contributed by atoms with Gasteiger partial charge in [-0.3, -0.25) is 0 Å². The summed E-state index contributed by atoms with van der Waals surface area (Å²) in [5.41, 5.74) is 24.8. The Bertz CT molecular complexity index is 5870. The zero-order valence-electron chi connectivity index (χ0n) is 59.0. The van der Waals surface area contributed by atoms with Crippen LogP contribution >= 0.6 is 0 Å². The van der Waals surface area contributed by atoms with Gasteiger partial charge in [-0.1, -0.05) is 287 Å². The van der Waals surface area contributed by atoms with Crippen molar-refractivity contribution in [1.29, 1.82) is 0 Å². The fraction of sp³-hybridized carbons (Fsp3) is 0.0495. The molecule has 0 bridgehead atoms. The second-order valence-electron chi connectivity index (χ2n) is 27.0. The van der Waals surface area contributed by atoms with E-state index in [-0.39, 0.29) is 0 Å². The van der Waals surface area contributed by atoms with Crippen LogP contribution in [0.25, 0.3) is 93.2 Å². The first-order valence-electron chi connectivity index (χ1n) is 36.7. The molecular formula is C101H78N4. The Morgan fingerprint density at radius 1 is 0.219 bits per heavy atom. The highest BCUT2D eigenvalue weighted by molar-refractivity contribution is 6.04. The lowest BCUT2D eigenvalue weighted by Gasteiger charge is -2.30. The van der Waals surface area contributed by atoms with E-state index in [2.05, 4.69) is 434 Å². The molecule has 17 aromatic carbocycles. The van der Waals surface area contributed by atoms with Gasteiger partial charge >= 0.3 is 0 Å². The van der Waals surface area contributed by atoms with Gasteiger partial charge in [0, 0.05) is 67.0 Å². The number of hydrogen-bond acceptors (Lipinski definition) is 4. The minimum absolute atomic E-state index is 0.972. The molecule has 17 rings (SSSR count). The number of benzene rings is 17. The molecule has 0 aromatic heterocycles. The van der Waals surface area contributed by atoms with Gasteiger partial charge in [0.05, 0.1) is 22.7 Å². The van der Waals surface area contributed by atoms with E-state index in [4.69, 9.17) is 0 Å². The number of nitrogens with zero attached hydrogens (tertiary/aromatic N) is 4. The maximum atomic E-state index is 2.47. The molecule has 0 spiro atoms. The van der Waals surface area contributed by atoms with E-state index in [1.165, 1.54) is 65.4 Å². The molecule has 4 nitrogen and oxygen atoms in total. The predicted molar refractivity (Wildman–Crippen MR) is 450 cm³/mol. The quantitative estimate of drug-likeness (QED) is 0.0754. The van der Waals surface area contributed by atoms with Gasteiger partial charge in [0.2, 0.25) is 0 Å². The minimum atomic E-state index is 0.972. The third-order valence-corrected chi connectivity index (χ3v) is 20.4. The first kappa shape index (κ1) is 65.1. The lowest BCUT2D eigenvalue weighted by molar-refractivity contribution is 0.967. The van der Waals surface area contributed by atoms with Crippen molar-refractivity contribution < 1.29 is 0 Å². The Balaban J connectivity index is 0.741. The van der Waals surface area contributed by atoms with E-state index in [0.717, 1.165) is 121 Å². The molecule has 105 heavy (non-hydrogen) atoms. The van der Waals surface area contributed by atoms with Crippen molar-refractivity contribution in [2.24, 2.45) is 0 Å². The second kappa shape index (κ2) is 29.4. The Hall–Kier alpha value is -13.3. The number of allylic oxidation sites excluding steroid dienone is 2. The molecule has 0 unspecified atom stereocenters. The van der Waals surface area contributed by atoms with Gasteiger partial charge in [-0.2, -0.15) is 0 Å². The smallest absolute Gasteiger partial charge is 0.0540 e. The molecule has 0 aliphatic heterocycles. The predicted octanol–water partition coefficient (Wildman–Crippen LogP) is 29.4. The summed E-state index contributed by atoms with van der Waals surface area (Å²) in [7, 11) is 0. The Kier molecular flexibility index (Phi) is 18.2. The fourth-order valence-electron chi connectivity index (χ4n) is 15.4. The van der Waals surface area contributed by atoms with Gasteiger partial charge in [-0.25, -0.2) is 0 Å². The van der Waals surface area contributed by atoms with Gasteiger partial charge in [-0.15, -0.1) is 0 Å². The lowest BCUT2D eigenvalue weighted by atomic mass is 9.94. The first-order chi connectivity index (χ1) is 52.0. The summed E-state index contributed by atoms with van der Waals surface area (Å²) < 4.78 is 0. The van der Waals surface area contributed by atoms with Crippen molar-refractivity contribution >= 4 is 117 Å². The maximum Gasteiger partial charge on any atom is 0.0540 e. The van der Waals surface area contributed by atoms with Crippen molar-refractivity contribution in [1.82, 2.24) is 0 Å². The van der Waals surface area contributed by atoms with Crippen LogP contribution in [-0.4, -0.2) is 0 Å². The maximum absolute atomic E-state index is 2.47. The fourth-order valence-corrected chi connectivity index (χ4v) is 15.4. The van der Waals surface area contributed by atoms with Gasteiger partial charge in [0.15, 0.2) is 0 Å². The van der Waals surface area contributed by atoms with Crippen LogP contribution in [0.1, 0.15) is 38.7 Å². The van der Waals surface area contributed by atoms with Crippen LogP contribution in [0.4, 0.5) is 68.2 Å². The van der Waals surface area contributed by atoms with E-state index >= 15 is 0 Å². The standard InChI is InChI=1S/C101H78N4/c1-3-26-72(27-4-2)82-66-83(73-28-8-5-9-29-73)69-92(68-82)104(100-48-24-40-80-36-16-20-44-96(80)100)90-62-58-88(59-63-90)102(98-46-22-38-78-34-14-18-42-94(78)98)86-54-50-76(51-55-86)77-52-56-87(57-53-77)103(99-47-23-39-79-35-15-19-43-95(79)99)89-60-64-91(65-61-89)105(101-49-25-41-81-37-17-21-45-97(81)101)93-70-84(74-30-10-6-11-31-74)67-85(71-93)75-32-12-7-13-33-75/h5-26,28-71H,3-4,27H2,1-2H3/b72-26+. The third-order valence-electron chi connectivity index (χ3n) is 20.4. The molecule has 0 saturated heterocycles. The molecule has 0 N–H and O–H groups in total. The van der Waals surface area contributed by atoms with Crippen molar-refractivity contribution in [3.63, 3.8) is 0 Å². The minimum Gasteiger partial charge on any atom is -0.310 e. The summed E-state index contributed by atoms with van der Waals surface area (Å²) in [6.45, 7) is 4.52. The van der Waals surface area contributed by atoms with Crippen LogP contribution in [0.5, 0.6) is 0 Å². The Morgan fingerprint density at radius 2 is 0.476 bits per heavy atom. The molecule has 0 aliphatic carbocycles. The highest BCUT2D eigenvalue weighted by Crippen LogP contribution is 2.48.